The molecular formula is C15H16F2N2O2. The van der Waals surface area contributed by atoms with E-state index in [0.717, 1.165) is 19.3 Å². The first kappa shape index (κ1) is 15.2. The van der Waals surface area contributed by atoms with Gasteiger partial charge in [0.25, 0.3) is 5.91 Å². The predicted octanol–water partition coefficient (Wildman–Crippen LogP) is 3.24. The first-order valence-corrected chi connectivity index (χ1v) is 6.83. The molecule has 112 valence electrons. The summed E-state index contributed by atoms with van der Waals surface area (Å²) < 4.78 is 28.6. The lowest BCUT2D eigenvalue weighted by Gasteiger charge is -2.31. The van der Waals surface area contributed by atoms with Crippen LogP contribution in [0.4, 0.5) is 8.78 Å². The maximum atomic E-state index is 12.2. The van der Waals surface area contributed by atoms with Crippen LogP contribution < -0.4 is 10.1 Å². The Morgan fingerprint density at radius 2 is 2.05 bits per heavy atom. The third-order valence-corrected chi connectivity index (χ3v) is 3.60. The number of benzene rings is 1. The van der Waals surface area contributed by atoms with E-state index in [0.29, 0.717) is 12.8 Å². The molecule has 0 spiro atoms. The van der Waals surface area contributed by atoms with Crippen molar-refractivity contribution in [1.82, 2.24) is 5.32 Å². The van der Waals surface area contributed by atoms with Gasteiger partial charge in [-0.25, -0.2) is 0 Å². The van der Waals surface area contributed by atoms with E-state index in [9.17, 15) is 18.8 Å². The Labute approximate surface area is 121 Å². The number of hydrogen-bond acceptors (Lipinski definition) is 3. The third kappa shape index (κ3) is 3.91. The van der Waals surface area contributed by atoms with Crippen LogP contribution in [0.5, 0.6) is 5.75 Å². The standard InChI is InChI=1S/C15H16F2N2O2/c16-14(17)21-12-6-4-5-11(9-12)13(20)19-15(10-18)7-2-1-3-8-15/h4-6,9,14H,1-3,7-8H2,(H,19,20). The third-order valence-electron chi connectivity index (χ3n) is 3.60. The zero-order valence-electron chi connectivity index (χ0n) is 11.4. The second kappa shape index (κ2) is 6.53. The van der Waals surface area contributed by atoms with Gasteiger partial charge in [-0.05, 0) is 31.0 Å². The normalized spacial score (nSPS) is 17.0. The topological polar surface area (TPSA) is 62.1 Å². The number of halogens is 2. The van der Waals surface area contributed by atoms with Crippen molar-refractivity contribution in [2.45, 2.75) is 44.3 Å². The van der Waals surface area contributed by atoms with Crippen molar-refractivity contribution in [2.24, 2.45) is 0 Å². The molecule has 0 unspecified atom stereocenters. The number of carbonyl (C=O) groups is 1. The number of rotatable bonds is 4. The number of nitrogens with one attached hydrogen (secondary N) is 1. The number of alkyl halides is 2. The average molecular weight is 294 g/mol. The molecule has 0 aromatic heterocycles. The highest BCUT2D eigenvalue weighted by molar-refractivity contribution is 5.95. The van der Waals surface area contributed by atoms with Gasteiger partial charge >= 0.3 is 6.61 Å². The fraction of sp³-hybridized carbons (Fsp3) is 0.467. The number of amides is 1. The first-order chi connectivity index (χ1) is 10.0. The molecule has 1 saturated carbocycles. The van der Waals surface area contributed by atoms with Gasteiger partial charge in [-0.2, -0.15) is 14.0 Å². The molecule has 1 aromatic rings. The number of nitriles is 1. The number of hydrogen-bond donors (Lipinski definition) is 1. The van der Waals surface area contributed by atoms with Gasteiger partial charge in [0.15, 0.2) is 0 Å². The zero-order valence-corrected chi connectivity index (χ0v) is 11.4. The van der Waals surface area contributed by atoms with Gasteiger partial charge in [-0.1, -0.05) is 25.3 Å². The van der Waals surface area contributed by atoms with Gasteiger partial charge in [0.05, 0.1) is 6.07 Å². The molecule has 0 heterocycles. The van der Waals surface area contributed by atoms with Gasteiger partial charge in [0.2, 0.25) is 0 Å². The van der Waals surface area contributed by atoms with E-state index in [1.54, 1.807) is 0 Å². The molecular weight excluding hydrogens is 278 g/mol. The van der Waals surface area contributed by atoms with Gasteiger partial charge in [0.1, 0.15) is 11.3 Å². The highest BCUT2D eigenvalue weighted by Gasteiger charge is 2.33. The van der Waals surface area contributed by atoms with Gasteiger partial charge in [-0.3, -0.25) is 4.79 Å². The Balaban J connectivity index is 2.11. The van der Waals surface area contributed by atoms with E-state index in [2.05, 4.69) is 16.1 Å². The molecule has 6 heteroatoms. The lowest BCUT2D eigenvalue weighted by atomic mass is 9.82. The van der Waals surface area contributed by atoms with Gasteiger partial charge in [0, 0.05) is 5.56 Å². The molecule has 1 aliphatic carbocycles. The molecule has 0 aliphatic heterocycles. The van der Waals surface area contributed by atoms with Crippen LogP contribution in [-0.2, 0) is 0 Å². The Morgan fingerprint density at radius 1 is 1.33 bits per heavy atom. The van der Waals surface area contributed by atoms with Crippen LogP contribution >= 0.6 is 0 Å². The van der Waals surface area contributed by atoms with Crippen LogP contribution in [0.3, 0.4) is 0 Å². The minimum absolute atomic E-state index is 0.0766. The zero-order chi connectivity index (χ0) is 15.3. The SMILES string of the molecule is N#CC1(NC(=O)c2cccc(OC(F)F)c2)CCCCC1. The summed E-state index contributed by atoms with van der Waals surface area (Å²) in [7, 11) is 0. The minimum atomic E-state index is -2.94. The average Bonchev–Trinajstić information content (AvgIpc) is 2.48. The van der Waals surface area contributed by atoms with Crippen molar-refractivity contribution in [3.8, 4) is 11.8 Å². The highest BCUT2D eigenvalue weighted by atomic mass is 19.3. The number of carbonyl (C=O) groups excluding carboxylic acids is 1. The van der Waals surface area contributed by atoms with Crippen LogP contribution in [0, 0.1) is 11.3 Å². The molecule has 0 saturated heterocycles. The minimum Gasteiger partial charge on any atom is -0.435 e. The first-order valence-electron chi connectivity index (χ1n) is 6.83. The molecule has 1 amide bonds. The molecule has 0 radical (unpaired) electrons. The summed E-state index contributed by atoms with van der Waals surface area (Å²) in [6.45, 7) is -2.94. The lowest BCUT2D eigenvalue weighted by Crippen LogP contribution is -2.48. The van der Waals surface area contributed by atoms with E-state index < -0.39 is 18.1 Å². The Bertz CT molecular complexity index is 549. The molecule has 4 nitrogen and oxygen atoms in total. The summed E-state index contributed by atoms with van der Waals surface area (Å²) in [5.74, 6) is -0.523. The van der Waals surface area contributed by atoms with Crippen molar-refractivity contribution in [3.05, 3.63) is 29.8 Å². The van der Waals surface area contributed by atoms with E-state index in [1.807, 2.05) is 0 Å². The summed E-state index contributed by atoms with van der Waals surface area (Å²) in [6.07, 6.45) is 4.06. The summed E-state index contributed by atoms with van der Waals surface area (Å²) in [6, 6.07) is 7.74. The van der Waals surface area contributed by atoms with Gasteiger partial charge in [-0.15, -0.1) is 0 Å². The maximum absolute atomic E-state index is 12.2. The van der Waals surface area contributed by atoms with Crippen molar-refractivity contribution in [3.63, 3.8) is 0 Å². The molecule has 2 rings (SSSR count). The van der Waals surface area contributed by atoms with Crippen LogP contribution in [0.15, 0.2) is 24.3 Å². The fourth-order valence-corrected chi connectivity index (χ4v) is 2.52. The van der Waals surface area contributed by atoms with Crippen molar-refractivity contribution < 1.29 is 18.3 Å². The monoisotopic (exact) mass is 294 g/mol. The Morgan fingerprint density at radius 3 is 2.67 bits per heavy atom. The highest BCUT2D eigenvalue weighted by Crippen LogP contribution is 2.28. The number of ether oxygens (including phenoxy) is 1. The number of nitrogens with zero attached hydrogens (tertiary/aromatic N) is 1. The van der Waals surface area contributed by atoms with Crippen LogP contribution in [0.2, 0.25) is 0 Å². The maximum Gasteiger partial charge on any atom is 0.387 e. The molecule has 21 heavy (non-hydrogen) atoms. The second-order valence-electron chi connectivity index (χ2n) is 5.12. The Hall–Kier alpha value is -2.16. The largest absolute Gasteiger partial charge is 0.435 e. The molecule has 0 atom stereocenters. The molecule has 1 N–H and O–H groups in total. The van der Waals surface area contributed by atoms with Crippen LogP contribution in [0.25, 0.3) is 0 Å². The smallest absolute Gasteiger partial charge is 0.387 e. The summed E-state index contributed by atoms with van der Waals surface area (Å²) in [5, 5.41) is 12.1. The molecule has 1 aromatic carbocycles. The van der Waals surface area contributed by atoms with Gasteiger partial charge < -0.3 is 10.1 Å². The van der Waals surface area contributed by atoms with E-state index >= 15 is 0 Å². The summed E-state index contributed by atoms with van der Waals surface area (Å²) >= 11 is 0. The van der Waals surface area contributed by atoms with E-state index in [-0.39, 0.29) is 11.3 Å². The predicted molar refractivity (Wildman–Crippen MR) is 72.0 cm³/mol. The second-order valence-corrected chi connectivity index (χ2v) is 5.12. The Kier molecular flexibility index (Phi) is 4.73. The van der Waals surface area contributed by atoms with E-state index in [1.165, 1.54) is 24.3 Å². The van der Waals surface area contributed by atoms with Crippen LogP contribution in [-0.4, -0.2) is 18.1 Å². The van der Waals surface area contributed by atoms with E-state index in [4.69, 9.17) is 0 Å². The van der Waals surface area contributed by atoms with Crippen LogP contribution in [0.1, 0.15) is 42.5 Å². The molecule has 1 fully saturated rings. The summed E-state index contributed by atoms with van der Waals surface area (Å²) in [5.41, 5.74) is -0.650. The van der Waals surface area contributed by atoms with Crippen molar-refractivity contribution in [2.75, 3.05) is 0 Å². The van der Waals surface area contributed by atoms with Crippen molar-refractivity contribution >= 4 is 5.91 Å². The lowest BCUT2D eigenvalue weighted by molar-refractivity contribution is -0.0498. The fourth-order valence-electron chi connectivity index (χ4n) is 2.52. The quantitative estimate of drug-likeness (QED) is 0.927. The molecule has 0 bridgehead atoms. The molecule has 1 aliphatic rings. The summed E-state index contributed by atoms with van der Waals surface area (Å²) in [4.78, 5) is 12.2. The van der Waals surface area contributed by atoms with Crippen molar-refractivity contribution in [1.29, 1.82) is 5.26 Å².